The van der Waals surface area contributed by atoms with Crippen LogP contribution in [-0.2, 0) is 6.54 Å². The highest BCUT2D eigenvalue weighted by Gasteiger charge is 2.09. The Bertz CT molecular complexity index is 580. The van der Waals surface area contributed by atoms with E-state index in [1.54, 1.807) is 18.3 Å². The van der Waals surface area contributed by atoms with Crippen molar-refractivity contribution >= 4 is 23.3 Å². The van der Waals surface area contributed by atoms with Gasteiger partial charge < -0.3 is 10.4 Å². The predicted octanol–water partition coefficient (Wildman–Crippen LogP) is 2.68. The largest absolute Gasteiger partial charge is 0.478 e. The van der Waals surface area contributed by atoms with Crippen LogP contribution < -0.4 is 5.32 Å². The quantitative estimate of drug-likeness (QED) is 0.794. The summed E-state index contributed by atoms with van der Waals surface area (Å²) in [5.74, 6) is -1.04. The molecule has 1 aromatic carbocycles. The van der Waals surface area contributed by atoms with Gasteiger partial charge in [-0.15, -0.1) is 0 Å². The van der Waals surface area contributed by atoms with Crippen molar-refractivity contribution in [2.45, 2.75) is 13.5 Å². The highest BCUT2D eigenvalue weighted by Crippen LogP contribution is 2.21. The summed E-state index contributed by atoms with van der Waals surface area (Å²) >= 11 is 5.79. The second-order valence-electron chi connectivity index (χ2n) is 3.87. The topological polar surface area (TPSA) is 78.0 Å². The molecule has 2 rings (SSSR count). The van der Waals surface area contributed by atoms with E-state index in [-0.39, 0.29) is 10.6 Å². The minimum absolute atomic E-state index is 0.0885. The number of anilines is 1. The number of nitrogens with one attached hydrogen (secondary N) is 2. The predicted molar refractivity (Wildman–Crippen MR) is 69.1 cm³/mol. The Morgan fingerprint density at radius 2 is 2.33 bits per heavy atom. The number of benzene rings is 1. The first-order valence-electron chi connectivity index (χ1n) is 5.33. The number of hydrogen-bond donors (Lipinski definition) is 3. The molecule has 18 heavy (non-hydrogen) atoms. The number of H-pyrrole nitrogens is 1. The van der Waals surface area contributed by atoms with E-state index in [0.29, 0.717) is 12.2 Å². The average molecular weight is 266 g/mol. The summed E-state index contributed by atoms with van der Waals surface area (Å²) in [6.07, 6.45) is 1.73. The van der Waals surface area contributed by atoms with Gasteiger partial charge in [-0.2, -0.15) is 5.10 Å². The molecule has 5 nitrogen and oxygen atoms in total. The highest BCUT2D eigenvalue weighted by atomic mass is 35.5. The zero-order chi connectivity index (χ0) is 13.1. The SMILES string of the molecule is Cc1[nH]ncc1CNc1ccc(Cl)c(C(=O)O)c1. The molecule has 3 N–H and O–H groups in total. The van der Waals surface area contributed by atoms with E-state index in [4.69, 9.17) is 16.7 Å². The Balaban J connectivity index is 2.13. The van der Waals surface area contributed by atoms with Crippen LogP contribution >= 0.6 is 11.6 Å². The van der Waals surface area contributed by atoms with Crippen molar-refractivity contribution in [2.24, 2.45) is 0 Å². The number of carboxylic acids is 1. The first-order valence-corrected chi connectivity index (χ1v) is 5.71. The van der Waals surface area contributed by atoms with Gasteiger partial charge in [-0.1, -0.05) is 11.6 Å². The van der Waals surface area contributed by atoms with E-state index in [0.717, 1.165) is 11.3 Å². The minimum atomic E-state index is -1.04. The van der Waals surface area contributed by atoms with Crippen molar-refractivity contribution in [1.82, 2.24) is 10.2 Å². The van der Waals surface area contributed by atoms with Crippen LogP contribution in [0.25, 0.3) is 0 Å². The van der Waals surface area contributed by atoms with Crippen molar-refractivity contribution in [3.63, 3.8) is 0 Å². The molecule has 0 saturated carbocycles. The third-order valence-electron chi connectivity index (χ3n) is 2.61. The summed E-state index contributed by atoms with van der Waals surface area (Å²) in [4.78, 5) is 10.9. The smallest absolute Gasteiger partial charge is 0.337 e. The highest BCUT2D eigenvalue weighted by molar-refractivity contribution is 6.33. The molecule has 0 bridgehead atoms. The molecule has 0 radical (unpaired) electrons. The number of aromatic nitrogens is 2. The van der Waals surface area contributed by atoms with Crippen LogP contribution in [0.3, 0.4) is 0 Å². The third-order valence-corrected chi connectivity index (χ3v) is 2.94. The van der Waals surface area contributed by atoms with Crippen LogP contribution in [0, 0.1) is 6.92 Å². The van der Waals surface area contributed by atoms with Gasteiger partial charge in [0.1, 0.15) is 0 Å². The molecule has 0 saturated heterocycles. The zero-order valence-electron chi connectivity index (χ0n) is 9.70. The van der Waals surface area contributed by atoms with Crippen LogP contribution in [0.2, 0.25) is 5.02 Å². The lowest BCUT2D eigenvalue weighted by molar-refractivity contribution is 0.0697. The van der Waals surface area contributed by atoms with Gasteiger partial charge in [-0.3, -0.25) is 5.10 Å². The number of aromatic carboxylic acids is 1. The van der Waals surface area contributed by atoms with E-state index < -0.39 is 5.97 Å². The summed E-state index contributed by atoms with van der Waals surface area (Å²) in [5, 5.41) is 19.1. The fourth-order valence-corrected chi connectivity index (χ4v) is 1.75. The monoisotopic (exact) mass is 265 g/mol. The Hall–Kier alpha value is -2.01. The van der Waals surface area contributed by atoms with Gasteiger partial charge in [0.15, 0.2) is 0 Å². The molecule has 2 aromatic rings. The summed E-state index contributed by atoms with van der Waals surface area (Å²) < 4.78 is 0. The molecule has 6 heteroatoms. The van der Waals surface area contributed by atoms with Crippen molar-refractivity contribution in [3.8, 4) is 0 Å². The van der Waals surface area contributed by atoms with Gasteiger partial charge in [-0.05, 0) is 25.1 Å². The number of carbonyl (C=O) groups is 1. The second kappa shape index (κ2) is 5.10. The summed E-state index contributed by atoms with van der Waals surface area (Å²) in [7, 11) is 0. The van der Waals surface area contributed by atoms with Gasteiger partial charge >= 0.3 is 5.97 Å². The Kier molecular flexibility index (Phi) is 3.53. The van der Waals surface area contributed by atoms with Crippen LogP contribution in [0.4, 0.5) is 5.69 Å². The molecule has 0 spiro atoms. The van der Waals surface area contributed by atoms with Gasteiger partial charge in [0.2, 0.25) is 0 Å². The van der Waals surface area contributed by atoms with E-state index in [9.17, 15) is 4.79 Å². The lowest BCUT2D eigenvalue weighted by Gasteiger charge is -2.07. The van der Waals surface area contributed by atoms with Crippen molar-refractivity contribution in [1.29, 1.82) is 0 Å². The van der Waals surface area contributed by atoms with Crippen molar-refractivity contribution in [3.05, 3.63) is 46.2 Å². The molecule has 0 aliphatic carbocycles. The van der Waals surface area contributed by atoms with Gasteiger partial charge in [0.05, 0.1) is 16.8 Å². The molecule has 0 atom stereocenters. The maximum absolute atomic E-state index is 10.9. The first kappa shape index (κ1) is 12.4. The number of hydrogen-bond acceptors (Lipinski definition) is 3. The number of nitrogens with zero attached hydrogens (tertiary/aromatic N) is 1. The second-order valence-corrected chi connectivity index (χ2v) is 4.28. The number of halogens is 1. The molecule has 0 unspecified atom stereocenters. The maximum atomic E-state index is 10.9. The van der Waals surface area contributed by atoms with E-state index in [2.05, 4.69) is 15.5 Å². The van der Waals surface area contributed by atoms with Crippen LogP contribution in [0.1, 0.15) is 21.6 Å². The van der Waals surface area contributed by atoms with Crippen molar-refractivity contribution < 1.29 is 9.90 Å². The zero-order valence-corrected chi connectivity index (χ0v) is 10.5. The summed E-state index contributed by atoms with van der Waals surface area (Å²) in [5.41, 5.74) is 2.81. The lowest BCUT2D eigenvalue weighted by Crippen LogP contribution is -2.03. The molecule has 1 heterocycles. The Morgan fingerprint density at radius 1 is 1.56 bits per heavy atom. The van der Waals surface area contributed by atoms with E-state index in [1.165, 1.54) is 6.07 Å². The molecule has 94 valence electrons. The molecular weight excluding hydrogens is 254 g/mol. The average Bonchev–Trinajstić information content (AvgIpc) is 2.73. The fourth-order valence-electron chi connectivity index (χ4n) is 1.55. The third kappa shape index (κ3) is 2.62. The maximum Gasteiger partial charge on any atom is 0.337 e. The van der Waals surface area contributed by atoms with Crippen LogP contribution in [0.5, 0.6) is 0 Å². The molecule has 0 aliphatic rings. The van der Waals surface area contributed by atoms with E-state index >= 15 is 0 Å². The standard InChI is InChI=1S/C12H12ClN3O2/c1-7-8(6-15-16-7)5-14-9-2-3-11(13)10(4-9)12(17)18/h2-4,6,14H,5H2,1H3,(H,15,16)(H,17,18). The lowest BCUT2D eigenvalue weighted by atomic mass is 10.2. The molecule has 1 aromatic heterocycles. The first-order chi connectivity index (χ1) is 8.58. The number of rotatable bonds is 4. The summed E-state index contributed by atoms with van der Waals surface area (Å²) in [6, 6.07) is 4.82. The van der Waals surface area contributed by atoms with Crippen LogP contribution in [-0.4, -0.2) is 21.3 Å². The molecule has 0 fully saturated rings. The normalized spacial score (nSPS) is 10.3. The van der Waals surface area contributed by atoms with E-state index in [1.807, 2.05) is 6.92 Å². The molecular formula is C12H12ClN3O2. The molecule has 0 aliphatic heterocycles. The number of carboxylic acid groups (broad SMARTS) is 1. The number of aryl methyl sites for hydroxylation is 1. The fraction of sp³-hybridized carbons (Fsp3) is 0.167. The minimum Gasteiger partial charge on any atom is -0.478 e. The van der Waals surface area contributed by atoms with Crippen LogP contribution in [0.15, 0.2) is 24.4 Å². The Labute approximate surface area is 109 Å². The summed E-state index contributed by atoms with van der Waals surface area (Å²) in [6.45, 7) is 2.50. The van der Waals surface area contributed by atoms with Gasteiger partial charge in [-0.25, -0.2) is 4.79 Å². The van der Waals surface area contributed by atoms with Gasteiger partial charge in [0.25, 0.3) is 0 Å². The number of aromatic amines is 1. The Morgan fingerprint density at radius 3 is 2.94 bits per heavy atom. The molecule has 0 amide bonds. The van der Waals surface area contributed by atoms with Gasteiger partial charge in [0, 0.05) is 23.5 Å². The van der Waals surface area contributed by atoms with Crippen molar-refractivity contribution in [2.75, 3.05) is 5.32 Å².